The highest BCUT2D eigenvalue weighted by Gasteiger charge is 2.25. The van der Waals surface area contributed by atoms with Crippen LogP contribution in [0.4, 0.5) is 5.69 Å². The number of hydrogen-bond donors (Lipinski definition) is 1. The molecule has 29 heavy (non-hydrogen) atoms. The summed E-state index contributed by atoms with van der Waals surface area (Å²) in [5.41, 5.74) is 1.72. The number of amides is 1. The van der Waals surface area contributed by atoms with Gasteiger partial charge in [0.15, 0.2) is 5.76 Å². The fraction of sp³-hybridized carbons (Fsp3) is 0.0476. The topological polar surface area (TPSA) is 109 Å². The third-order valence-corrected chi connectivity index (χ3v) is 4.86. The van der Waals surface area contributed by atoms with Crippen LogP contribution in [0.1, 0.15) is 37.8 Å². The number of rotatable bonds is 4. The number of nitrogens with one attached hydrogen (secondary N) is 1. The minimum absolute atomic E-state index is 0.00901. The van der Waals surface area contributed by atoms with E-state index in [4.69, 9.17) is 14.2 Å². The maximum absolute atomic E-state index is 13.1. The van der Waals surface area contributed by atoms with Crippen molar-refractivity contribution in [3.8, 4) is 6.07 Å². The van der Waals surface area contributed by atoms with Crippen molar-refractivity contribution < 1.29 is 18.5 Å². The number of nitrogens with zero attached hydrogens (tertiary/aromatic N) is 2. The van der Waals surface area contributed by atoms with Gasteiger partial charge < -0.3 is 14.3 Å². The highest BCUT2D eigenvalue weighted by molar-refractivity contribution is 9.10. The van der Waals surface area contributed by atoms with Crippen molar-refractivity contribution in [2.45, 2.75) is 6.92 Å². The molecular formula is C21H12BrN3O4. The number of carbonyl (C=O) groups excluding carboxylic acids is 2. The van der Waals surface area contributed by atoms with Crippen molar-refractivity contribution in [3.63, 3.8) is 0 Å². The minimum Gasteiger partial charge on any atom is -0.450 e. The Morgan fingerprint density at radius 3 is 2.59 bits per heavy atom. The lowest BCUT2D eigenvalue weighted by Gasteiger charge is -2.05. The molecule has 8 heteroatoms. The molecule has 0 spiro atoms. The van der Waals surface area contributed by atoms with E-state index in [0.29, 0.717) is 27.9 Å². The van der Waals surface area contributed by atoms with E-state index in [1.54, 1.807) is 49.4 Å². The van der Waals surface area contributed by atoms with Crippen molar-refractivity contribution in [1.82, 2.24) is 5.16 Å². The molecule has 0 saturated heterocycles. The predicted octanol–water partition coefficient (Wildman–Crippen LogP) is 4.85. The summed E-state index contributed by atoms with van der Waals surface area (Å²) in [6.45, 7) is 1.62. The molecule has 1 N–H and O–H groups in total. The second-order valence-electron chi connectivity index (χ2n) is 6.21. The van der Waals surface area contributed by atoms with Gasteiger partial charge in [0.25, 0.3) is 5.91 Å². The van der Waals surface area contributed by atoms with Crippen molar-refractivity contribution >= 4 is 44.3 Å². The Morgan fingerprint density at radius 2 is 1.93 bits per heavy atom. The van der Waals surface area contributed by atoms with Crippen LogP contribution in [0.5, 0.6) is 0 Å². The number of ketones is 1. The Labute approximate surface area is 173 Å². The number of carbonyl (C=O) groups is 2. The summed E-state index contributed by atoms with van der Waals surface area (Å²) in [5, 5.41) is 15.9. The predicted molar refractivity (Wildman–Crippen MR) is 108 cm³/mol. The van der Waals surface area contributed by atoms with Crippen LogP contribution in [-0.2, 0) is 0 Å². The van der Waals surface area contributed by atoms with Crippen molar-refractivity contribution in [3.05, 3.63) is 81.3 Å². The molecule has 0 fully saturated rings. The van der Waals surface area contributed by atoms with E-state index >= 15 is 0 Å². The highest BCUT2D eigenvalue weighted by atomic mass is 79.9. The molecule has 0 aliphatic carbocycles. The van der Waals surface area contributed by atoms with Crippen molar-refractivity contribution in [1.29, 1.82) is 5.26 Å². The van der Waals surface area contributed by atoms with Gasteiger partial charge in [-0.3, -0.25) is 9.59 Å². The molecule has 7 nitrogen and oxygen atoms in total. The molecule has 0 unspecified atom stereocenters. The van der Waals surface area contributed by atoms with E-state index in [-0.39, 0.29) is 17.0 Å². The Hall–Kier alpha value is -3.70. The number of fused-ring (bicyclic) bond motifs is 1. The van der Waals surface area contributed by atoms with E-state index in [1.165, 1.54) is 6.20 Å². The molecular weight excluding hydrogens is 438 g/mol. The molecule has 4 aromatic rings. The molecule has 0 saturated carbocycles. The average molecular weight is 450 g/mol. The van der Waals surface area contributed by atoms with Crippen LogP contribution in [0, 0.1) is 18.3 Å². The number of halogens is 1. The molecule has 2 aromatic carbocycles. The molecule has 0 atom stereocenters. The first-order chi connectivity index (χ1) is 14.0. The second kappa shape index (κ2) is 7.37. The van der Waals surface area contributed by atoms with Gasteiger partial charge >= 0.3 is 0 Å². The van der Waals surface area contributed by atoms with Crippen LogP contribution < -0.4 is 5.32 Å². The standard InChI is InChI=1S/C21H12BrN3O4/c1-11-16(10-24-29-11)21(27)25-18-15-8-14(22)6-7-17(15)28-20(18)19(26)13-4-2-12(9-23)3-5-13/h2-8,10H,1H3,(H,25,27). The van der Waals surface area contributed by atoms with Gasteiger partial charge in [-0.25, -0.2) is 0 Å². The highest BCUT2D eigenvalue weighted by Crippen LogP contribution is 2.35. The van der Waals surface area contributed by atoms with E-state index in [9.17, 15) is 9.59 Å². The summed E-state index contributed by atoms with van der Waals surface area (Å²) in [4.78, 5) is 25.8. The van der Waals surface area contributed by atoms with Crippen molar-refractivity contribution in [2.75, 3.05) is 5.32 Å². The number of benzene rings is 2. The Kier molecular flexibility index (Phi) is 4.74. The Bertz CT molecular complexity index is 1300. The fourth-order valence-electron chi connectivity index (χ4n) is 2.88. The van der Waals surface area contributed by atoms with Gasteiger partial charge in [0.2, 0.25) is 5.78 Å². The number of aryl methyl sites for hydroxylation is 1. The van der Waals surface area contributed by atoms with Gasteiger partial charge in [0.1, 0.15) is 16.9 Å². The Morgan fingerprint density at radius 1 is 1.17 bits per heavy atom. The first-order valence-electron chi connectivity index (χ1n) is 8.47. The second-order valence-corrected chi connectivity index (χ2v) is 7.13. The summed E-state index contributed by atoms with van der Waals surface area (Å²) in [6.07, 6.45) is 1.31. The quantitative estimate of drug-likeness (QED) is 0.446. The summed E-state index contributed by atoms with van der Waals surface area (Å²) in [5.74, 6) is -0.541. The number of furan rings is 1. The number of anilines is 1. The van der Waals surface area contributed by atoms with Crippen LogP contribution in [0.15, 0.2) is 62.1 Å². The largest absolute Gasteiger partial charge is 0.450 e. The van der Waals surface area contributed by atoms with E-state index in [1.807, 2.05) is 6.07 Å². The zero-order valence-corrected chi connectivity index (χ0v) is 16.6. The number of aromatic nitrogens is 1. The van der Waals surface area contributed by atoms with Crippen LogP contribution in [0.25, 0.3) is 11.0 Å². The zero-order valence-electron chi connectivity index (χ0n) is 15.0. The normalized spacial score (nSPS) is 10.7. The third-order valence-electron chi connectivity index (χ3n) is 4.37. The SMILES string of the molecule is Cc1oncc1C(=O)Nc1c(C(=O)c2ccc(C#N)cc2)oc2ccc(Br)cc12. The van der Waals surface area contributed by atoms with Crippen LogP contribution in [0.3, 0.4) is 0 Å². The molecule has 4 rings (SSSR count). The van der Waals surface area contributed by atoms with Gasteiger partial charge in [0, 0.05) is 15.4 Å². The van der Waals surface area contributed by atoms with E-state index < -0.39 is 11.7 Å². The monoisotopic (exact) mass is 449 g/mol. The molecule has 2 aromatic heterocycles. The first kappa shape index (κ1) is 18.7. The zero-order chi connectivity index (χ0) is 20.5. The van der Waals surface area contributed by atoms with Crippen LogP contribution in [-0.4, -0.2) is 16.8 Å². The molecule has 1 amide bonds. The summed E-state index contributed by atoms with van der Waals surface area (Å²) < 4.78 is 11.5. The summed E-state index contributed by atoms with van der Waals surface area (Å²) in [6, 6.07) is 13.4. The Balaban J connectivity index is 1.81. The summed E-state index contributed by atoms with van der Waals surface area (Å²) >= 11 is 3.40. The van der Waals surface area contributed by atoms with Crippen LogP contribution >= 0.6 is 15.9 Å². The van der Waals surface area contributed by atoms with Gasteiger partial charge in [-0.05, 0) is 49.4 Å². The smallest absolute Gasteiger partial charge is 0.261 e. The molecule has 0 radical (unpaired) electrons. The molecule has 0 bridgehead atoms. The maximum atomic E-state index is 13.1. The van der Waals surface area contributed by atoms with Crippen molar-refractivity contribution in [2.24, 2.45) is 0 Å². The molecule has 142 valence electrons. The lowest BCUT2D eigenvalue weighted by Crippen LogP contribution is -2.14. The minimum atomic E-state index is -0.472. The fourth-order valence-corrected chi connectivity index (χ4v) is 3.24. The number of hydrogen-bond acceptors (Lipinski definition) is 6. The average Bonchev–Trinajstić information content (AvgIpc) is 3.31. The van der Waals surface area contributed by atoms with Gasteiger partial charge in [-0.1, -0.05) is 21.1 Å². The third kappa shape index (κ3) is 3.44. The summed E-state index contributed by atoms with van der Waals surface area (Å²) in [7, 11) is 0. The molecule has 0 aliphatic rings. The maximum Gasteiger partial charge on any atom is 0.261 e. The lowest BCUT2D eigenvalue weighted by atomic mass is 10.1. The molecule has 2 heterocycles. The van der Waals surface area contributed by atoms with Gasteiger partial charge in [-0.2, -0.15) is 5.26 Å². The van der Waals surface area contributed by atoms with Crippen LogP contribution in [0.2, 0.25) is 0 Å². The van der Waals surface area contributed by atoms with Gasteiger partial charge in [0.05, 0.1) is 23.5 Å². The lowest BCUT2D eigenvalue weighted by molar-refractivity contribution is 0.101. The number of nitriles is 1. The molecule has 0 aliphatic heterocycles. The van der Waals surface area contributed by atoms with Gasteiger partial charge in [-0.15, -0.1) is 0 Å². The first-order valence-corrected chi connectivity index (χ1v) is 9.27. The van der Waals surface area contributed by atoms with E-state index in [2.05, 4.69) is 26.4 Å². The van der Waals surface area contributed by atoms with E-state index in [0.717, 1.165) is 4.47 Å².